The van der Waals surface area contributed by atoms with Crippen LogP contribution in [0.5, 0.6) is 0 Å². The van der Waals surface area contributed by atoms with E-state index in [1.807, 2.05) is 0 Å². The fraction of sp³-hybridized carbons (Fsp3) is 0.500. The summed E-state index contributed by atoms with van der Waals surface area (Å²) in [6, 6.07) is 8.52. The summed E-state index contributed by atoms with van der Waals surface area (Å²) in [7, 11) is 0. The maximum Gasteiger partial charge on any atom is 0.0751 e. The van der Waals surface area contributed by atoms with Gasteiger partial charge in [0.25, 0.3) is 0 Å². The standard InChI is InChI=1S/C16H18S2/c1-2-12-6-8-14(9-7-12)16-17-10-15(11-18-16)13-4-3-5-13/h1,6-9,13,15-16H,3-5,10-11H2/t15-,16-. The highest BCUT2D eigenvalue weighted by Crippen LogP contribution is 2.49. The summed E-state index contributed by atoms with van der Waals surface area (Å²) in [5.74, 6) is 7.38. The summed E-state index contributed by atoms with van der Waals surface area (Å²) in [5.41, 5.74) is 2.41. The molecule has 0 nitrogen and oxygen atoms in total. The van der Waals surface area contributed by atoms with Crippen LogP contribution < -0.4 is 0 Å². The molecule has 1 aromatic rings. The molecule has 2 fully saturated rings. The van der Waals surface area contributed by atoms with Crippen LogP contribution in [0.4, 0.5) is 0 Å². The van der Waals surface area contributed by atoms with Crippen LogP contribution in [-0.2, 0) is 0 Å². The van der Waals surface area contributed by atoms with Gasteiger partial charge in [-0.2, -0.15) is 0 Å². The summed E-state index contributed by atoms with van der Waals surface area (Å²) >= 11 is 4.25. The molecule has 1 heterocycles. The second-order valence-corrected chi connectivity index (χ2v) is 7.79. The largest absolute Gasteiger partial charge is 0.142 e. The quantitative estimate of drug-likeness (QED) is 0.725. The second-order valence-electron chi connectivity index (χ2n) is 5.22. The van der Waals surface area contributed by atoms with Gasteiger partial charge in [0.1, 0.15) is 0 Å². The third kappa shape index (κ3) is 2.58. The first-order chi connectivity index (χ1) is 8.86. The highest BCUT2D eigenvalue weighted by atomic mass is 32.2. The molecule has 0 unspecified atom stereocenters. The second kappa shape index (κ2) is 5.63. The van der Waals surface area contributed by atoms with Crippen LogP contribution in [0.1, 0.15) is 35.0 Å². The van der Waals surface area contributed by atoms with Crippen molar-refractivity contribution in [1.29, 1.82) is 0 Å². The maximum absolute atomic E-state index is 5.39. The van der Waals surface area contributed by atoms with Gasteiger partial charge in [-0.1, -0.05) is 37.3 Å². The molecule has 1 saturated carbocycles. The zero-order chi connectivity index (χ0) is 12.4. The molecule has 0 N–H and O–H groups in total. The molecule has 3 rings (SSSR count). The highest BCUT2D eigenvalue weighted by Gasteiger charge is 2.32. The first-order valence-corrected chi connectivity index (χ1v) is 8.76. The molecule has 94 valence electrons. The van der Waals surface area contributed by atoms with Crippen LogP contribution >= 0.6 is 23.5 Å². The Balaban J connectivity index is 1.59. The fourth-order valence-corrected chi connectivity index (χ4v) is 5.96. The number of thioether (sulfide) groups is 2. The Morgan fingerprint density at radius 2 is 1.67 bits per heavy atom. The summed E-state index contributed by atoms with van der Waals surface area (Å²) in [5, 5.41) is 0. The molecule has 18 heavy (non-hydrogen) atoms. The highest BCUT2D eigenvalue weighted by molar-refractivity contribution is 8.16. The van der Waals surface area contributed by atoms with Gasteiger partial charge in [0.05, 0.1) is 4.58 Å². The summed E-state index contributed by atoms with van der Waals surface area (Å²) in [6.07, 6.45) is 9.82. The molecule has 0 bridgehead atoms. The molecule has 1 aliphatic carbocycles. The van der Waals surface area contributed by atoms with E-state index in [1.165, 1.54) is 36.3 Å². The minimum absolute atomic E-state index is 0.619. The zero-order valence-corrected chi connectivity index (χ0v) is 12.1. The Hall–Kier alpha value is -0.520. The number of rotatable bonds is 2. The van der Waals surface area contributed by atoms with E-state index in [0.29, 0.717) is 4.58 Å². The van der Waals surface area contributed by atoms with Crippen LogP contribution in [0.2, 0.25) is 0 Å². The Labute approximate surface area is 118 Å². The molecular formula is C16H18S2. The predicted molar refractivity (Wildman–Crippen MR) is 82.9 cm³/mol. The number of benzene rings is 1. The van der Waals surface area contributed by atoms with Crippen molar-refractivity contribution in [2.45, 2.75) is 23.8 Å². The van der Waals surface area contributed by atoms with Crippen molar-refractivity contribution in [3.8, 4) is 12.3 Å². The van der Waals surface area contributed by atoms with E-state index in [9.17, 15) is 0 Å². The molecule has 2 heteroatoms. The molecule has 0 spiro atoms. The lowest BCUT2D eigenvalue weighted by atomic mass is 9.77. The number of hydrogen-bond acceptors (Lipinski definition) is 2. The lowest BCUT2D eigenvalue weighted by Gasteiger charge is -2.37. The van der Waals surface area contributed by atoms with Crippen molar-refractivity contribution in [3.05, 3.63) is 35.4 Å². The van der Waals surface area contributed by atoms with Gasteiger partial charge in [0.15, 0.2) is 0 Å². The van der Waals surface area contributed by atoms with Gasteiger partial charge in [0.2, 0.25) is 0 Å². The van der Waals surface area contributed by atoms with Crippen molar-refractivity contribution in [1.82, 2.24) is 0 Å². The molecule has 0 aromatic heterocycles. The lowest BCUT2D eigenvalue weighted by molar-refractivity contribution is 0.241. The van der Waals surface area contributed by atoms with Crippen LogP contribution in [0.25, 0.3) is 0 Å². The molecule has 2 aliphatic rings. The molecule has 0 atom stereocenters. The smallest absolute Gasteiger partial charge is 0.0751 e. The van der Waals surface area contributed by atoms with Gasteiger partial charge in [-0.05, 0) is 41.0 Å². The first-order valence-electron chi connectivity index (χ1n) is 6.66. The fourth-order valence-electron chi connectivity index (χ4n) is 2.63. The third-order valence-corrected chi connectivity index (χ3v) is 7.30. The minimum atomic E-state index is 0.619. The Morgan fingerprint density at radius 1 is 1.00 bits per heavy atom. The maximum atomic E-state index is 5.39. The zero-order valence-electron chi connectivity index (χ0n) is 10.5. The van der Waals surface area contributed by atoms with Crippen molar-refractivity contribution < 1.29 is 0 Å². The number of hydrogen-bond donors (Lipinski definition) is 0. The molecule has 0 radical (unpaired) electrons. The van der Waals surface area contributed by atoms with E-state index in [1.54, 1.807) is 0 Å². The molecule has 1 aliphatic heterocycles. The van der Waals surface area contributed by atoms with Crippen molar-refractivity contribution in [2.75, 3.05) is 11.5 Å². The van der Waals surface area contributed by atoms with Gasteiger partial charge >= 0.3 is 0 Å². The SMILES string of the molecule is C#Cc1ccc([C@H]2SC[C@H](C3CCC3)CS2)cc1. The van der Waals surface area contributed by atoms with E-state index in [2.05, 4.69) is 53.7 Å². The van der Waals surface area contributed by atoms with Crippen LogP contribution in [0, 0.1) is 24.2 Å². The van der Waals surface area contributed by atoms with E-state index in [-0.39, 0.29) is 0 Å². The first kappa shape index (κ1) is 12.5. The van der Waals surface area contributed by atoms with Gasteiger partial charge in [0, 0.05) is 5.56 Å². The summed E-state index contributed by atoms with van der Waals surface area (Å²) in [6.45, 7) is 0. The van der Waals surface area contributed by atoms with Gasteiger partial charge in [-0.25, -0.2) is 0 Å². The molecule has 1 aromatic carbocycles. The van der Waals surface area contributed by atoms with Crippen molar-refractivity contribution in [3.63, 3.8) is 0 Å². The average molecular weight is 274 g/mol. The molecule has 0 amide bonds. The lowest BCUT2D eigenvalue weighted by Crippen LogP contribution is -2.28. The van der Waals surface area contributed by atoms with E-state index in [0.717, 1.165) is 17.4 Å². The normalized spacial score (nSPS) is 28.4. The topological polar surface area (TPSA) is 0 Å². The monoisotopic (exact) mass is 274 g/mol. The van der Waals surface area contributed by atoms with Gasteiger partial charge < -0.3 is 0 Å². The van der Waals surface area contributed by atoms with Crippen molar-refractivity contribution >= 4 is 23.5 Å². The van der Waals surface area contributed by atoms with Crippen LogP contribution in [0.3, 0.4) is 0 Å². The van der Waals surface area contributed by atoms with Crippen molar-refractivity contribution in [2.24, 2.45) is 11.8 Å². The number of terminal acetylenes is 1. The Morgan fingerprint density at radius 3 is 2.17 bits per heavy atom. The van der Waals surface area contributed by atoms with E-state index in [4.69, 9.17) is 6.42 Å². The Kier molecular flexibility index (Phi) is 3.91. The van der Waals surface area contributed by atoms with E-state index < -0.39 is 0 Å². The summed E-state index contributed by atoms with van der Waals surface area (Å²) in [4.78, 5) is 0. The summed E-state index contributed by atoms with van der Waals surface area (Å²) < 4.78 is 0.619. The predicted octanol–water partition coefficient (Wildman–Crippen LogP) is 4.56. The minimum Gasteiger partial charge on any atom is -0.142 e. The Bertz CT molecular complexity index is 431. The van der Waals surface area contributed by atoms with E-state index >= 15 is 0 Å². The molecule has 1 saturated heterocycles. The van der Waals surface area contributed by atoms with Gasteiger partial charge in [-0.3, -0.25) is 0 Å². The third-order valence-electron chi connectivity index (χ3n) is 4.09. The van der Waals surface area contributed by atoms with Gasteiger partial charge in [-0.15, -0.1) is 29.9 Å². The average Bonchev–Trinajstić information content (AvgIpc) is 2.38. The molecular weight excluding hydrogens is 256 g/mol. The van der Waals surface area contributed by atoms with Crippen LogP contribution in [-0.4, -0.2) is 11.5 Å². The van der Waals surface area contributed by atoms with Crippen LogP contribution in [0.15, 0.2) is 24.3 Å².